The summed E-state index contributed by atoms with van der Waals surface area (Å²) >= 11 is 0. The van der Waals surface area contributed by atoms with Crippen molar-refractivity contribution in [2.45, 2.75) is 98.0 Å². The van der Waals surface area contributed by atoms with E-state index >= 15 is 0 Å². The van der Waals surface area contributed by atoms with Crippen LogP contribution in [0.5, 0.6) is 5.75 Å². The Bertz CT molecular complexity index is 1980. The normalized spacial score (nSPS) is 13.6. The molecule has 0 amide bonds. The first-order chi connectivity index (χ1) is 23.5. The zero-order valence-electron chi connectivity index (χ0n) is 30.8. The Hall–Kier alpha value is -4.24. The Morgan fingerprint density at radius 3 is 2.02 bits per heavy atom. The Balaban J connectivity index is 1.73. The third-order valence-electron chi connectivity index (χ3n) is 8.06. The molecule has 0 aliphatic rings. The fourth-order valence-corrected chi connectivity index (χ4v) is 7.57. The fourth-order valence-electron chi connectivity index (χ4n) is 5.75. The van der Waals surface area contributed by atoms with Gasteiger partial charge in [0, 0.05) is 16.2 Å². The molecular formula is C38H49N3O7Si2. The molecule has 0 saturated carbocycles. The smallest absolute Gasteiger partial charge is 0.435 e. The molecule has 10 nitrogen and oxygen atoms in total. The monoisotopic (exact) mass is 715 g/mol. The fraction of sp³-hybridized carbons (Fsp3) is 0.395. The average Bonchev–Trinajstić information content (AvgIpc) is 3.61. The van der Waals surface area contributed by atoms with Crippen LogP contribution < -0.4 is 4.74 Å². The van der Waals surface area contributed by atoms with Gasteiger partial charge in [-0.1, -0.05) is 69.4 Å². The van der Waals surface area contributed by atoms with E-state index in [1.807, 2.05) is 81.4 Å². The van der Waals surface area contributed by atoms with Crippen LogP contribution in [0.3, 0.4) is 0 Å². The van der Waals surface area contributed by atoms with Crippen molar-refractivity contribution in [1.29, 1.82) is 0 Å². The van der Waals surface area contributed by atoms with Crippen molar-refractivity contribution in [3.8, 4) is 17.1 Å². The predicted molar refractivity (Wildman–Crippen MR) is 203 cm³/mol. The number of nitrogens with zero attached hydrogens (tertiary/aromatic N) is 3. The quantitative estimate of drug-likeness (QED) is 0.107. The molecule has 5 aromatic rings. The van der Waals surface area contributed by atoms with Crippen LogP contribution in [0.15, 0.2) is 72.8 Å². The van der Waals surface area contributed by atoms with Crippen molar-refractivity contribution >= 4 is 53.5 Å². The maximum atomic E-state index is 14.2. The van der Waals surface area contributed by atoms with E-state index in [0.29, 0.717) is 40.2 Å². The van der Waals surface area contributed by atoms with Crippen LogP contribution in [0.2, 0.25) is 13.1 Å². The van der Waals surface area contributed by atoms with Gasteiger partial charge < -0.3 is 23.1 Å². The number of hydrogen-bond acceptors (Lipinski definition) is 8. The van der Waals surface area contributed by atoms with Crippen molar-refractivity contribution < 1.29 is 32.7 Å². The largest absolute Gasteiger partial charge is 0.489 e. The zero-order chi connectivity index (χ0) is 36.4. The second-order valence-electron chi connectivity index (χ2n) is 14.8. The first kappa shape index (κ1) is 37.0. The highest BCUT2D eigenvalue weighted by molar-refractivity contribution is 6.26. The molecular weight excluding hydrogens is 667 g/mol. The van der Waals surface area contributed by atoms with Crippen LogP contribution >= 0.6 is 0 Å². The number of carbonyl (C=O) groups excluding carboxylic acids is 2. The van der Waals surface area contributed by atoms with Gasteiger partial charge >= 0.3 is 12.2 Å². The van der Waals surface area contributed by atoms with E-state index < -0.39 is 48.3 Å². The Morgan fingerprint density at radius 2 is 1.40 bits per heavy atom. The maximum absolute atomic E-state index is 14.2. The lowest BCUT2D eigenvalue weighted by Gasteiger charge is -2.35. The molecule has 0 unspecified atom stereocenters. The second-order valence-corrected chi connectivity index (χ2v) is 16.6. The number of aromatic nitrogens is 3. The molecule has 0 saturated heterocycles. The van der Waals surface area contributed by atoms with Crippen LogP contribution in [0.1, 0.15) is 66.5 Å². The van der Waals surface area contributed by atoms with Gasteiger partial charge in [-0.05, 0) is 83.0 Å². The van der Waals surface area contributed by atoms with Crippen molar-refractivity contribution in [3.05, 3.63) is 83.9 Å². The molecule has 0 fully saturated rings. The molecule has 0 aliphatic carbocycles. The van der Waals surface area contributed by atoms with Gasteiger partial charge in [0.15, 0.2) is 19.5 Å². The lowest BCUT2D eigenvalue weighted by molar-refractivity contribution is -0.0432. The highest BCUT2D eigenvalue weighted by Gasteiger charge is 2.34. The number of benzene rings is 3. The highest BCUT2D eigenvalue weighted by atomic mass is 28.2. The van der Waals surface area contributed by atoms with Crippen LogP contribution in [-0.4, -0.2) is 63.6 Å². The maximum Gasteiger partial charge on any atom is 0.435 e. The molecule has 2 heterocycles. The minimum Gasteiger partial charge on any atom is -0.489 e. The topological polar surface area (TPSA) is 103 Å². The Labute approximate surface area is 298 Å². The summed E-state index contributed by atoms with van der Waals surface area (Å²) in [7, 11) is -1.50. The van der Waals surface area contributed by atoms with Gasteiger partial charge in [-0.25, -0.2) is 14.2 Å². The molecule has 0 aliphatic heterocycles. The average molecular weight is 716 g/mol. The SMILES string of the molecule is C[SiH2]OC(O[SiH2]C)C(C)(C)c1ccc2cc(-c3nn(C(=O)OC(C)(C)C)c4ccc(OCc5ccccc5)cc34)n(C(=O)OC(C)(C)C)c2c1. The number of carbonyl (C=O) groups is 2. The van der Waals surface area contributed by atoms with E-state index in [9.17, 15) is 9.59 Å². The summed E-state index contributed by atoms with van der Waals surface area (Å²) in [6, 6.07) is 23.2. The predicted octanol–water partition coefficient (Wildman–Crippen LogP) is 7.70. The third kappa shape index (κ3) is 8.20. The molecule has 3 aromatic carbocycles. The van der Waals surface area contributed by atoms with Gasteiger partial charge in [-0.2, -0.15) is 9.78 Å². The van der Waals surface area contributed by atoms with Crippen molar-refractivity contribution in [2.75, 3.05) is 0 Å². The van der Waals surface area contributed by atoms with E-state index in [1.165, 1.54) is 4.68 Å². The van der Waals surface area contributed by atoms with Crippen molar-refractivity contribution in [3.63, 3.8) is 0 Å². The van der Waals surface area contributed by atoms with Gasteiger partial charge in [-0.15, -0.1) is 0 Å². The summed E-state index contributed by atoms with van der Waals surface area (Å²) in [5.74, 6) is 0.584. The lowest BCUT2D eigenvalue weighted by Crippen LogP contribution is -2.39. The van der Waals surface area contributed by atoms with Gasteiger partial charge in [0.1, 0.15) is 35.5 Å². The lowest BCUT2D eigenvalue weighted by atomic mass is 9.83. The van der Waals surface area contributed by atoms with Crippen molar-refractivity contribution in [1.82, 2.24) is 14.3 Å². The summed E-state index contributed by atoms with van der Waals surface area (Å²) < 4.78 is 33.1. The zero-order valence-corrected chi connectivity index (χ0v) is 33.7. The van der Waals surface area contributed by atoms with E-state index in [0.717, 1.165) is 16.5 Å². The summed E-state index contributed by atoms with van der Waals surface area (Å²) in [4.78, 5) is 27.7. The summed E-state index contributed by atoms with van der Waals surface area (Å²) in [6.07, 6.45) is -1.60. The van der Waals surface area contributed by atoms with E-state index in [1.54, 1.807) is 37.5 Å². The van der Waals surface area contributed by atoms with Gasteiger partial charge in [0.25, 0.3) is 0 Å². The molecule has 5 rings (SSSR count). The molecule has 0 N–H and O–H groups in total. The number of hydrogen-bond donors (Lipinski definition) is 0. The first-order valence-corrected chi connectivity index (χ1v) is 21.1. The van der Waals surface area contributed by atoms with Crippen LogP contribution in [0.4, 0.5) is 9.59 Å². The van der Waals surface area contributed by atoms with Gasteiger partial charge in [-0.3, -0.25) is 0 Å². The highest BCUT2D eigenvalue weighted by Crippen LogP contribution is 2.38. The van der Waals surface area contributed by atoms with Gasteiger partial charge in [0.2, 0.25) is 0 Å². The van der Waals surface area contributed by atoms with Gasteiger partial charge in [0.05, 0.1) is 16.7 Å². The molecule has 266 valence electrons. The summed E-state index contributed by atoms with van der Waals surface area (Å²) in [5.41, 5.74) is 1.94. The molecule has 0 atom stereocenters. The number of rotatable bonds is 10. The summed E-state index contributed by atoms with van der Waals surface area (Å²) in [5, 5.41) is 6.22. The molecule has 0 bridgehead atoms. The Kier molecular flexibility index (Phi) is 10.8. The Morgan fingerprint density at radius 1 is 0.760 bits per heavy atom. The molecule has 50 heavy (non-hydrogen) atoms. The van der Waals surface area contributed by atoms with E-state index in [-0.39, 0.29) is 6.29 Å². The number of ether oxygens (including phenoxy) is 3. The van der Waals surface area contributed by atoms with E-state index in [2.05, 4.69) is 26.9 Å². The first-order valence-electron chi connectivity index (χ1n) is 17.1. The standard InChI is InChI=1S/C38H49N3O7Si2/c1-36(2,3)45-34(42)40-30-21-26(38(7,8)33(47-49-9)48-50-10)17-16-25(30)20-31(40)32-28-22-27(44-23-24-14-12-11-13-15-24)18-19-29(28)41(39-32)35(43)46-37(4,5)6/h11-22,33H,23,49-50H2,1-10H3. The molecule has 0 radical (unpaired) electrons. The molecule has 0 spiro atoms. The second kappa shape index (κ2) is 14.5. The minimum atomic E-state index is -0.775. The summed E-state index contributed by atoms with van der Waals surface area (Å²) in [6.45, 7) is 19.6. The van der Waals surface area contributed by atoms with Crippen LogP contribution in [0, 0.1) is 0 Å². The van der Waals surface area contributed by atoms with Crippen molar-refractivity contribution in [2.24, 2.45) is 0 Å². The van der Waals surface area contributed by atoms with Crippen LogP contribution in [0.25, 0.3) is 33.2 Å². The third-order valence-corrected chi connectivity index (χ3v) is 9.33. The van der Waals surface area contributed by atoms with E-state index in [4.69, 9.17) is 28.2 Å². The van der Waals surface area contributed by atoms with Crippen LogP contribution in [-0.2, 0) is 30.3 Å². The molecule has 2 aromatic heterocycles. The molecule has 12 heteroatoms. The minimum absolute atomic E-state index is 0.355. The number of fused-ring (bicyclic) bond motifs is 2.